The first kappa shape index (κ1) is 16.8. The number of aliphatic hydroxyl groups excluding tert-OH is 1. The number of para-hydroxylation sites is 1. The quantitative estimate of drug-likeness (QED) is 0.739. The standard InChI is InChI=1S/C15H19N3O5/c1-11(19)14-16-18(8-7-13(20)21)15(22)17(14)9-10-23-12-5-3-2-4-6-12/h2-6,11,19H,7-10H2,1H3,(H,20,21). The third-order valence-corrected chi connectivity index (χ3v) is 3.19. The molecule has 0 aliphatic heterocycles. The second kappa shape index (κ2) is 7.59. The van der Waals surface area contributed by atoms with Gasteiger partial charge >= 0.3 is 11.7 Å². The van der Waals surface area contributed by atoms with Crippen molar-refractivity contribution in [2.24, 2.45) is 0 Å². The molecule has 2 N–H and O–H groups in total. The van der Waals surface area contributed by atoms with Crippen molar-refractivity contribution in [3.05, 3.63) is 46.6 Å². The van der Waals surface area contributed by atoms with E-state index in [1.807, 2.05) is 18.2 Å². The highest BCUT2D eigenvalue weighted by Gasteiger charge is 2.17. The summed E-state index contributed by atoms with van der Waals surface area (Å²) < 4.78 is 7.89. The summed E-state index contributed by atoms with van der Waals surface area (Å²) in [5.74, 6) is -0.146. The average Bonchev–Trinajstić information content (AvgIpc) is 2.83. The number of aliphatic carboxylic acids is 1. The molecule has 1 unspecified atom stereocenters. The molecule has 2 aromatic rings. The van der Waals surface area contributed by atoms with Crippen molar-refractivity contribution in [1.29, 1.82) is 0 Å². The van der Waals surface area contributed by atoms with Gasteiger partial charge in [0.2, 0.25) is 0 Å². The maximum atomic E-state index is 12.3. The van der Waals surface area contributed by atoms with Gasteiger partial charge in [-0.1, -0.05) is 18.2 Å². The summed E-state index contributed by atoms with van der Waals surface area (Å²) >= 11 is 0. The van der Waals surface area contributed by atoms with Crippen molar-refractivity contribution in [2.75, 3.05) is 6.61 Å². The molecule has 0 radical (unpaired) electrons. The molecule has 8 nitrogen and oxygen atoms in total. The van der Waals surface area contributed by atoms with E-state index in [0.717, 1.165) is 4.68 Å². The number of carbonyl (C=O) groups is 1. The molecule has 0 amide bonds. The van der Waals surface area contributed by atoms with Gasteiger partial charge in [-0.05, 0) is 19.1 Å². The zero-order valence-electron chi connectivity index (χ0n) is 12.8. The number of ether oxygens (including phenoxy) is 1. The molecule has 8 heteroatoms. The number of aliphatic hydroxyl groups is 1. The molecule has 0 bridgehead atoms. The molecular formula is C15H19N3O5. The fourth-order valence-corrected chi connectivity index (χ4v) is 2.10. The molecule has 0 fully saturated rings. The third-order valence-electron chi connectivity index (χ3n) is 3.19. The number of aryl methyl sites for hydroxylation is 1. The Morgan fingerprint density at radius 1 is 1.30 bits per heavy atom. The number of carboxylic acid groups (broad SMARTS) is 1. The van der Waals surface area contributed by atoms with E-state index < -0.39 is 17.8 Å². The van der Waals surface area contributed by atoms with Crippen LogP contribution in [0.25, 0.3) is 0 Å². The highest BCUT2D eigenvalue weighted by Crippen LogP contribution is 2.10. The van der Waals surface area contributed by atoms with Crippen LogP contribution in [-0.2, 0) is 17.9 Å². The van der Waals surface area contributed by atoms with E-state index in [1.165, 1.54) is 11.5 Å². The molecule has 1 heterocycles. The van der Waals surface area contributed by atoms with Gasteiger partial charge < -0.3 is 14.9 Å². The summed E-state index contributed by atoms with van der Waals surface area (Å²) in [6, 6.07) is 9.15. The summed E-state index contributed by atoms with van der Waals surface area (Å²) in [5.41, 5.74) is -0.459. The first-order chi connectivity index (χ1) is 11.0. The molecule has 1 atom stereocenters. The van der Waals surface area contributed by atoms with E-state index in [9.17, 15) is 14.7 Å². The van der Waals surface area contributed by atoms with Crippen molar-refractivity contribution in [2.45, 2.75) is 32.5 Å². The molecular weight excluding hydrogens is 302 g/mol. The lowest BCUT2D eigenvalue weighted by Crippen LogP contribution is -2.28. The van der Waals surface area contributed by atoms with Crippen molar-refractivity contribution >= 4 is 5.97 Å². The number of hydrogen-bond acceptors (Lipinski definition) is 5. The van der Waals surface area contributed by atoms with Crippen molar-refractivity contribution in [3.63, 3.8) is 0 Å². The average molecular weight is 321 g/mol. The predicted molar refractivity (Wildman–Crippen MR) is 81.3 cm³/mol. The maximum Gasteiger partial charge on any atom is 0.346 e. The normalized spacial score (nSPS) is 12.1. The van der Waals surface area contributed by atoms with Crippen LogP contribution in [0.4, 0.5) is 0 Å². The van der Waals surface area contributed by atoms with E-state index in [2.05, 4.69) is 5.10 Å². The topological polar surface area (TPSA) is 107 Å². The van der Waals surface area contributed by atoms with E-state index >= 15 is 0 Å². The lowest BCUT2D eigenvalue weighted by Gasteiger charge is -2.09. The molecule has 0 spiro atoms. The summed E-state index contributed by atoms with van der Waals surface area (Å²) in [6.07, 6.45) is -1.15. The van der Waals surface area contributed by atoms with Crippen molar-refractivity contribution in [1.82, 2.24) is 14.3 Å². The molecule has 0 saturated carbocycles. The molecule has 124 valence electrons. The number of carboxylic acids is 1. The Balaban J connectivity index is 2.09. The van der Waals surface area contributed by atoms with Crippen LogP contribution in [0.3, 0.4) is 0 Å². The SMILES string of the molecule is CC(O)c1nn(CCC(=O)O)c(=O)n1CCOc1ccccc1. The van der Waals surface area contributed by atoms with Crippen molar-refractivity contribution < 1.29 is 19.7 Å². The van der Waals surface area contributed by atoms with Gasteiger partial charge in [-0.2, -0.15) is 5.10 Å². The summed E-state index contributed by atoms with van der Waals surface area (Å²) in [7, 11) is 0. The van der Waals surface area contributed by atoms with E-state index in [0.29, 0.717) is 5.75 Å². The summed E-state index contributed by atoms with van der Waals surface area (Å²) in [5, 5.41) is 22.4. The van der Waals surface area contributed by atoms with Gasteiger partial charge in [0.1, 0.15) is 18.5 Å². The zero-order chi connectivity index (χ0) is 16.8. The minimum atomic E-state index is -1.02. The van der Waals surface area contributed by atoms with Gasteiger partial charge in [0.05, 0.1) is 19.5 Å². The van der Waals surface area contributed by atoms with Crippen LogP contribution >= 0.6 is 0 Å². The van der Waals surface area contributed by atoms with Gasteiger partial charge in [-0.15, -0.1) is 0 Å². The van der Waals surface area contributed by atoms with Gasteiger partial charge in [0, 0.05) is 0 Å². The number of hydrogen-bond donors (Lipinski definition) is 2. The van der Waals surface area contributed by atoms with Gasteiger partial charge in [0.15, 0.2) is 5.82 Å². The molecule has 0 saturated heterocycles. The van der Waals surface area contributed by atoms with Crippen LogP contribution in [-0.4, -0.2) is 37.1 Å². The van der Waals surface area contributed by atoms with Crippen LogP contribution in [0.15, 0.2) is 35.1 Å². The Morgan fingerprint density at radius 3 is 2.61 bits per heavy atom. The molecule has 23 heavy (non-hydrogen) atoms. The van der Waals surface area contributed by atoms with Gasteiger partial charge in [-0.25, -0.2) is 9.48 Å². The summed E-state index contributed by atoms with van der Waals surface area (Å²) in [6.45, 7) is 1.90. The van der Waals surface area contributed by atoms with E-state index in [4.69, 9.17) is 9.84 Å². The highest BCUT2D eigenvalue weighted by atomic mass is 16.5. The largest absolute Gasteiger partial charge is 0.492 e. The second-order valence-electron chi connectivity index (χ2n) is 5.00. The molecule has 1 aromatic carbocycles. The predicted octanol–water partition coefficient (Wildman–Crippen LogP) is 0.652. The first-order valence-electron chi connectivity index (χ1n) is 7.24. The van der Waals surface area contributed by atoms with E-state index in [-0.39, 0.29) is 31.9 Å². The zero-order valence-corrected chi connectivity index (χ0v) is 12.8. The summed E-state index contributed by atoms with van der Waals surface area (Å²) in [4.78, 5) is 22.9. The molecule has 0 aliphatic carbocycles. The Kier molecular flexibility index (Phi) is 5.53. The Labute approximate surface area is 132 Å². The van der Waals surface area contributed by atoms with Crippen LogP contribution in [0.1, 0.15) is 25.3 Å². The van der Waals surface area contributed by atoms with Crippen LogP contribution in [0.5, 0.6) is 5.75 Å². The van der Waals surface area contributed by atoms with Crippen LogP contribution in [0, 0.1) is 0 Å². The van der Waals surface area contributed by atoms with Crippen LogP contribution in [0.2, 0.25) is 0 Å². The molecule has 2 rings (SSSR count). The first-order valence-corrected chi connectivity index (χ1v) is 7.24. The number of benzene rings is 1. The fraction of sp³-hybridized carbons (Fsp3) is 0.400. The van der Waals surface area contributed by atoms with Gasteiger partial charge in [0.25, 0.3) is 0 Å². The highest BCUT2D eigenvalue weighted by molar-refractivity contribution is 5.66. The fourth-order valence-electron chi connectivity index (χ4n) is 2.10. The minimum Gasteiger partial charge on any atom is -0.492 e. The van der Waals surface area contributed by atoms with E-state index in [1.54, 1.807) is 12.1 Å². The second-order valence-corrected chi connectivity index (χ2v) is 5.00. The van der Waals surface area contributed by atoms with Gasteiger partial charge in [-0.3, -0.25) is 9.36 Å². The maximum absolute atomic E-state index is 12.3. The Morgan fingerprint density at radius 2 is 2.00 bits per heavy atom. The lowest BCUT2D eigenvalue weighted by atomic mass is 10.3. The smallest absolute Gasteiger partial charge is 0.346 e. The van der Waals surface area contributed by atoms with Crippen LogP contribution < -0.4 is 10.4 Å². The molecule has 0 aliphatic rings. The Bertz CT molecular complexity index is 706. The Hall–Kier alpha value is -2.61. The number of rotatable bonds is 8. The monoisotopic (exact) mass is 321 g/mol. The van der Waals surface area contributed by atoms with Crippen molar-refractivity contribution in [3.8, 4) is 5.75 Å². The number of nitrogens with zero attached hydrogens (tertiary/aromatic N) is 3. The lowest BCUT2D eigenvalue weighted by molar-refractivity contribution is -0.137. The minimum absolute atomic E-state index is 0.0412. The third kappa shape index (κ3) is 4.43. The number of aromatic nitrogens is 3. The molecule has 1 aromatic heterocycles.